The zero-order chi connectivity index (χ0) is 15.2. The minimum absolute atomic E-state index is 1.08. The van der Waals surface area contributed by atoms with Crippen LogP contribution in [-0.2, 0) is 19.3 Å². The standard InChI is InChI=1S/C17H18.C4H8/c1-3-12-9-15-10-14-7-5-6-8-16(14)17(15)11-13(12)4-2;1-3-4-2/h5-9,11H,3-4,10H2,1-2H3;3H,1,4H2,2H3. The van der Waals surface area contributed by atoms with Crippen LogP contribution in [0.25, 0.3) is 11.1 Å². The molecule has 0 aliphatic heterocycles. The van der Waals surface area contributed by atoms with E-state index < -0.39 is 0 Å². The lowest BCUT2D eigenvalue weighted by atomic mass is 9.95. The lowest BCUT2D eigenvalue weighted by Crippen LogP contribution is -1.93. The number of hydrogen-bond donors (Lipinski definition) is 0. The maximum Gasteiger partial charge on any atom is -0.00134 e. The van der Waals surface area contributed by atoms with Crippen molar-refractivity contribution in [1.82, 2.24) is 0 Å². The molecule has 0 saturated carbocycles. The van der Waals surface area contributed by atoms with Gasteiger partial charge in [-0.2, -0.15) is 0 Å². The molecule has 0 atom stereocenters. The number of aryl methyl sites for hydroxylation is 2. The number of rotatable bonds is 3. The van der Waals surface area contributed by atoms with Crippen molar-refractivity contribution in [1.29, 1.82) is 0 Å². The molecule has 0 saturated heterocycles. The predicted octanol–water partition coefficient (Wildman–Crippen LogP) is 5.97. The van der Waals surface area contributed by atoms with E-state index in [0.717, 1.165) is 25.7 Å². The van der Waals surface area contributed by atoms with Gasteiger partial charge < -0.3 is 0 Å². The fraction of sp³-hybridized carbons (Fsp3) is 0.333. The molecule has 0 radical (unpaired) electrons. The van der Waals surface area contributed by atoms with Crippen molar-refractivity contribution in [2.24, 2.45) is 0 Å². The highest BCUT2D eigenvalue weighted by Gasteiger charge is 2.19. The Morgan fingerprint density at radius 2 is 1.52 bits per heavy atom. The van der Waals surface area contributed by atoms with Gasteiger partial charge in [-0.25, -0.2) is 0 Å². The quantitative estimate of drug-likeness (QED) is 0.518. The molecule has 0 bridgehead atoms. The van der Waals surface area contributed by atoms with E-state index in [-0.39, 0.29) is 0 Å². The molecule has 0 spiro atoms. The molecule has 0 fully saturated rings. The molecule has 1 aliphatic rings. The normalized spacial score (nSPS) is 11.2. The second-order valence-corrected chi connectivity index (χ2v) is 5.52. The lowest BCUT2D eigenvalue weighted by Gasteiger charge is -2.10. The first kappa shape index (κ1) is 15.6. The Kier molecular flexibility index (Phi) is 5.38. The number of fused-ring (bicyclic) bond motifs is 3. The SMILES string of the molecule is C=CCC.CCc1cc2c(cc1CC)-c1ccccc1C2. The monoisotopic (exact) mass is 278 g/mol. The van der Waals surface area contributed by atoms with Gasteiger partial charge in [0.1, 0.15) is 0 Å². The summed E-state index contributed by atoms with van der Waals surface area (Å²) in [6.45, 7) is 10.0. The van der Waals surface area contributed by atoms with Crippen LogP contribution < -0.4 is 0 Å². The van der Waals surface area contributed by atoms with Gasteiger partial charge in [-0.05, 0) is 59.1 Å². The smallest absolute Gasteiger partial charge is 0.00134 e. The Morgan fingerprint density at radius 3 is 2.14 bits per heavy atom. The Balaban J connectivity index is 0.000000361. The van der Waals surface area contributed by atoms with E-state index in [1.807, 2.05) is 6.08 Å². The molecule has 2 aromatic carbocycles. The molecule has 0 heteroatoms. The highest BCUT2D eigenvalue weighted by Crippen LogP contribution is 2.38. The molecule has 0 nitrogen and oxygen atoms in total. The van der Waals surface area contributed by atoms with E-state index in [2.05, 4.69) is 63.7 Å². The van der Waals surface area contributed by atoms with Gasteiger partial charge in [0.25, 0.3) is 0 Å². The zero-order valence-electron chi connectivity index (χ0n) is 13.6. The summed E-state index contributed by atoms with van der Waals surface area (Å²) in [5.41, 5.74) is 8.95. The van der Waals surface area contributed by atoms with Crippen LogP contribution in [0.15, 0.2) is 49.1 Å². The Hall–Kier alpha value is -1.82. The fourth-order valence-corrected chi connectivity index (χ4v) is 2.94. The molecule has 1 aliphatic carbocycles. The molecular weight excluding hydrogens is 252 g/mol. The summed E-state index contributed by atoms with van der Waals surface area (Å²) in [5.74, 6) is 0. The van der Waals surface area contributed by atoms with Crippen LogP contribution >= 0.6 is 0 Å². The van der Waals surface area contributed by atoms with E-state index in [1.165, 1.54) is 33.4 Å². The first-order valence-corrected chi connectivity index (χ1v) is 8.08. The molecule has 0 unspecified atom stereocenters. The third-order valence-corrected chi connectivity index (χ3v) is 4.16. The van der Waals surface area contributed by atoms with Crippen LogP contribution in [0.3, 0.4) is 0 Å². The minimum atomic E-state index is 1.08. The van der Waals surface area contributed by atoms with Gasteiger partial charge in [0, 0.05) is 0 Å². The third-order valence-electron chi connectivity index (χ3n) is 4.16. The second kappa shape index (κ2) is 7.26. The number of benzene rings is 2. The molecular formula is C21H26. The van der Waals surface area contributed by atoms with Gasteiger partial charge >= 0.3 is 0 Å². The molecule has 21 heavy (non-hydrogen) atoms. The third kappa shape index (κ3) is 3.26. The fourth-order valence-electron chi connectivity index (χ4n) is 2.94. The van der Waals surface area contributed by atoms with Crippen LogP contribution in [0.4, 0.5) is 0 Å². The van der Waals surface area contributed by atoms with Crippen molar-refractivity contribution in [3.63, 3.8) is 0 Å². The van der Waals surface area contributed by atoms with Gasteiger partial charge in [-0.3, -0.25) is 0 Å². The van der Waals surface area contributed by atoms with Gasteiger partial charge in [-0.15, -0.1) is 6.58 Å². The van der Waals surface area contributed by atoms with Crippen molar-refractivity contribution < 1.29 is 0 Å². The summed E-state index contributed by atoms with van der Waals surface area (Å²) in [7, 11) is 0. The van der Waals surface area contributed by atoms with Crippen LogP contribution in [0.5, 0.6) is 0 Å². The lowest BCUT2D eigenvalue weighted by molar-refractivity contribution is 1.03. The summed E-state index contributed by atoms with van der Waals surface area (Å²) < 4.78 is 0. The Morgan fingerprint density at radius 1 is 0.905 bits per heavy atom. The zero-order valence-corrected chi connectivity index (χ0v) is 13.6. The first-order valence-electron chi connectivity index (χ1n) is 8.08. The van der Waals surface area contributed by atoms with Gasteiger partial charge in [0.05, 0.1) is 0 Å². The topological polar surface area (TPSA) is 0 Å². The molecule has 2 aromatic rings. The number of allylic oxidation sites excluding steroid dienone is 1. The van der Waals surface area contributed by atoms with Crippen molar-refractivity contribution in [2.45, 2.75) is 46.5 Å². The average Bonchev–Trinajstić information content (AvgIpc) is 2.91. The predicted molar refractivity (Wildman–Crippen MR) is 93.9 cm³/mol. The number of hydrogen-bond acceptors (Lipinski definition) is 0. The van der Waals surface area contributed by atoms with E-state index in [1.54, 1.807) is 0 Å². The van der Waals surface area contributed by atoms with Crippen LogP contribution in [-0.4, -0.2) is 0 Å². The molecule has 0 aromatic heterocycles. The maximum atomic E-state index is 3.48. The van der Waals surface area contributed by atoms with E-state index >= 15 is 0 Å². The van der Waals surface area contributed by atoms with Crippen molar-refractivity contribution in [3.05, 3.63) is 71.3 Å². The Bertz CT molecular complexity index is 620. The summed E-state index contributed by atoms with van der Waals surface area (Å²) in [4.78, 5) is 0. The van der Waals surface area contributed by atoms with Gasteiger partial charge in [0.2, 0.25) is 0 Å². The average molecular weight is 278 g/mol. The summed E-state index contributed by atoms with van der Waals surface area (Å²) in [5, 5.41) is 0. The van der Waals surface area contributed by atoms with Crippen molar-refractivity contribution in [2.75, 3.05) is 0 Å². The molecule has 0 amide bonds. The molecule has 0 N–H and O–H groups in total. The Labute approximate surface area is 129 Å². The van der Waals surface area contributed by atoms with Crippen molar-refractivity contribution in [3.8, 4) is 11.1 Å². The summed E-state index contributed by atoms with van der Waals surface area (Å²) in [6.07, 6.45) is 6.36. The highest BCUT2D eigenvalue weighted by atomic mass is 14.2. The summed E-state index contributed by atoms with van der Waals surface area (Å²) in [6, 6.07) is 13.6. The maximum absolute atomic E-state index is 3.48. The van der Waals surface area contributed by atoms with E-state index in [9.17, 15) is 0 Å². The highest BCUT2D eigenvalue weighted by molar-refractivity contribution is 5.77. The van der Waals surface area contributed by atoms with Crippen LogP contribution in [0.1, 0.15) is 49.4 Å². The van der Waals surface area contributed by atoms with Gasteiger partial charge in [0.15, 0.2) is 0 Å². The van der Waals surface area contributed by atoms with E-state index in [4.69, 9.17) is 0 Å². The van der Waals surface area contributed by atoms with E-state index in [0.29, 0.717) is 0 Å². The summed E-state index contributed by atoms with van der Waals surface area (Å²) >= 11 is 0. The largest absolute Gasteiger partial charge is 0.103 e. The van der Waals surface area contributed by atoms with Crippen molar-refractivity contribution >= 4 is 0 Å². The van der Waals surface area contributed by atoms with Crippen LogP contribution in [0.2, 0.25) is 0 Å². The minimum Gasteiger partial charge on any atom is -0.103 e. The first-order chi connectivity index (χ1) is 10.2. The molecule has 3 rings (SSSR count). The van der Waals surface area contributed by atoms with Gasteiger partial charge in [-0.1, -0.05) is 63.2 Å². The molecule has 0 heterocycles. The van der Waals surface area contributed by atoms with Crippen LogP contribution in [0, 0.1) is 0 Å². The molecule has 110 valence electrons. The second-order valence-electron chi connectivity index (χ2n) is 5.52.